The number of carbonyl (C=O) groups excluding carboxylic acids is 1. The lowest BCUT2D eigenvalue weighted by Crippen LogP contribution is -2.41. The fourth-order valence-corrected chi connectivity index (χ4v) is 2.24. The van der Waals surface area contributed by atoms with Crippen LogP contribution in [-0.2, 0) is 4.79 Å². The molecule has 1 amide bonds. The van der Waals surface area contributed by atoms with Gasteiger partial charge in [-0.3, -0.25) is 4.79 Å². The molecule has 1 aromatic heterocycles. The first kappa shape index (κ1) is 13.0. The molecular weight excluding hydrogens is 244 g/mol. The van der Waals surface area contributed by atoms with Gasteiger partial charge in [-0.25, -0.2) is 0 Å². The Morgan fingerprint density at radius 2 is 2.44 bits per heavy atom. The molecule has 0 spiro atoms. The van der Waals surface area contributed by atoms with Crippen LogP contribution in [0.1, 0.15) is 24.3 Å². The van der Waals surface area contributed by atoms with E-state index in [1.807, 2.05) is 13.0 Å². The maximum atomic E-state index is 11.6. The summed E-state index contributed by atoms with van der Waals surface area (Å²) in [5, 5.41) is 2.79. The molecule has 0 saturated heterocycles. The van der Waals surface area contributed by atoms with Crippen LogP contribution in [0.15, 0.2) is 12.1 Å². The van der Waals surface area contributed by atoms with Gasteiger partial charge < -0.3 is 11.1 Å². The summed E-state index contributed by atoms with van der Waals surface area (Å²) in [7, 11) is 0. The van der Waals surface area contributed by atoms with E-state index in [4.69, 9.17) is 23.8 Å². The molecule has 0 aliphatic carbocycles. The molecule has 0 aliphatic heterocycles. The summed E-state index contributed by atoms with van der Waals surface area (Å²) in [4.78, 5) is 12.6. The third kappa shape index (κ3) is 3.53. The van der Waals surface area contributed by atoms with Crippen LogP contribution >= 0.6 is 22.9 Å². The lowest BCUT2D eigenvalue weighted by Gasteiger charge is -2.15. The molecule has 1 aromatic rings. The van der Waals surface area contributed by atoms with Crippen molar-refractivity contribution < 1.29 is 4.79 Å². The number of thiophene rings is 1. The number of hydrogen-bond acceptors (Lipinski definition) is 3. The van der Waals surface area contributed by atoms with Gasteiger partial charge in [-0.1, -0.05) is 11.6 Å². The zero-order chi connectivity index (χ0) is 12.1. The van der Waals surface area contributed by atoms with Gasteiger partial charge in [0.1, 0.15) is 0 Å². The molecule has 0 aliphatic rings. The fourth-order valence-electron chi connectivity index (χ4n) is 1.17. The molecular formula is C11H13ClN2OS. The Kier molecular flexibility index (Phi) is 4.81. The summed E-state index contributed by atoms with van der Waals surface area (Å²) in [6, 6.07) is 2.92. The minimum atomic E-state index is -0.650. The molecule has 3 nitrogen and oxygen atoms in total. The second-order valence-electron chi connectivity index (χ2n) is 3.39. The number of carbonyl (C=O) groups is 1. The number of nitrogens with one attached hydrogen (secondary N) is 1. The first-order valence-electron chi connectivity index (χ1n) is 4.79. The van der Waals surface area contributed by atoms with Gasteiger partial charge >= 0.3 is 0 Å². The molecule has 3 N–H and O–H groups in total. The van der Waals surface area contributed by atoms with E-state index >= 15 is 0 Å². The van der Waals surface area contributed by atoms with Crippen molar-refractivity contribution in [1.29, 1.82) is 0 Å². The van der Waals surface area contributed by atoms with Crippen molar-refractivity contribution in [1.82, 2.24) is 5.32 Å². The molecule has 0 fully saturated rings. The molecule has 2 atom stereocenters. The SMILES string of the molecule is C#CCC(N)C(=O)NC(C)c1ccc(Cl)s1. The number of amides is 1. The van der Waals surface area contributed by atoms with Gasteiger partial charge in [-0.2, -0.15) is 0 Å². The predicted molar refractivity (Wildman–Crippen MR) is 67.3 cm³/mol. The van der Waals surface area contributed by atoms with Crippen molar-refractivity contribution >= 4 is 28.8 Å². The van der Waals surface area contributed by atoms with Gasteiger partial charge in [0, 0.05) is 11.3 Å². The van der Waals surface area contributed by atoms with Crippen LogP contribution in [0.25, 0.3) is 0 Å². The summed E-state index contributed by atoms with van der Waals surface area (Å²) >= 11 is 7.24. The van der Waals surface area contributed by atoms with Crippen LogP contribution in [0.3, 0.4) is 0 Å². The van der Waals surface area contributed by atoms with Crippen LogP contribution in [0.4, 0.5) is 0 Å². The third-order valence-corrected chi connectivity index (χ3v) is 3.47. The fraction of sp³-hybridized carbons (Fsp3) is 0.364. The van der Waals surface area contributed by atoms with Crippen molar-refractivity contribution in [2.75, 3.05) is 0 Å². The topological polar surface area (TPSA) is 55.1 Å². The summed E-state index contributed by atoms with van der Waals surface area (Å²) < 4.78 is 0.698. The highest BCUT2D eigenvalue weighted by Crippen LogP contribution is 2.26. The van der Waals surface area contributed by atoms with E-state index in [1.54, 1.807) is 6.07 Å². The lowest BCUT2D eigenvalue weighted by atomic mass is 10.2. The predicted octanol–water partition coefficient (Wildman–Crippen LogP) is 1.93. The molecule has 5 heteroatoms. The average molecular weight is 257 g/mol. The highest BCUT2D eigenvalue weighted by atomic mass is 35.5. The second kappa shape index (κ2) is 5.90. The Morgan fingerprint density at radius 3 is 2.94 bits per heavy atom. The molecule has 1 heterocycles. The van der Waals surface area contributed by atoms with E-state index in [2.05, 4.69) is 11.2 Å². The first-order valence-corrected chi connectivity index (χ1v) is 5.98. The zero-order valence-corrected chi connectivity index (χ0v) is 10.4. The minimum Gasteiger partial charge on any atom is -0.347 e. The van der Waals surface area contributed by atoms with Gasteiger partial charge in [0.25, 0.3) is 0 Å². The Morgan fingerprint density at radius 1 is 1.75 bits per heavy atom. The van der Waals surface area contributed by atoms with Crippen LogP contribution < -0.4 is 11.1 Å². The highest BCUT2D eigenvalue weighted by molar-refractivity contribution is 7.16. The van der Waals surface area contributed by atoms with Gasteiger partial charge in [-0.15, -0.1) is 23.7 Å². The van der Waals surface area contributed by atoms with Crippen LogP contribution in [0, 0.1) is 12.3 Å². The van der Waals surface area contributed by atoms with E-state index in [0.29, 0.717) is 4.34 Å². The summed E-state index contributed by atoms with van der Waals surface area (Å²) in [5.74, 6) is 2.12. The summed E-state index contributed by atoms with van der Waals surface area (Å²) in [6.07, 6.45) is 5.33. The number of halogens is 1. The Labute approximate surface area is 104 Å². The maximum absolute atomic E-state index is 11.6. The molecule has 2 unspecified atom stereocenters. The molecule has 0 saturated carbocycles. The maximum Gasteiger partial charge on any atom is 0.238 e. The average Bonchev–Trinajstić information content (AvgIpc) is 2.65. The summed E-state index contributed by atoms with van der Waals surface area (Å²) in [5.41, 5.74) is 5.58. The molecule has 16 heavy (non-hydrogen) atoms. The largest absolute Gasteiger partial charge is 0.347 e. The third-order valence-electron chi connectivity index (χ3n) is 2.05. The standard InChI is InChI=1S/C11H13ClN2OS/c1-3-4-8(13)11(15)14-7(2)9-5-6-10(12)16-9/h1,5-8H,4,13H2,2H3,(H,14,15). The van der Waals surface area contributed by atoms with Crippen molar-refractivity contribution in [2.24, 2.45) is 5.73 Å². The number of nitrogens with two attached hydrogens (primary N) is 1. The molecule has 0 aromatic carbocycles. The van der Waals surface area contributed by atoms with E-state index < -0.39 is 6.04 Å². The van der Waals surface area contributed by atoms with E-state index in [0.717, 1.165) is 4.88 Å². The number of terminal acetylenes is 1. The minimum absolute atomic E-state index is 0.103. The molecule has 0 radical (unpaired) electrons. The van der Waals surface area contributed by atoms with E-state index in [-0.39, 0.29) is 18.4 Å². The summed E-state index contributed by atoms with van der Waals surface area (Å²) in [6.45, 7) is 1.88. The Bertz CT molecular complexity index is 410. The van der Waals surface area contributed by atoms with Crippen molar-refractivity contribution in [3.8, 4) is 12.3 Å². The van der Waals surface area contributed by atoms with Gasteiger partial charge in [0.2, 0.25) is 5.91 Å². The van der Waals surface area contributed by atoms with Crippen molar-refractivity contribution in [3.63, 3.8) is 0 Å². The normalized spacial score (nSPS) is 13.9. The number of rotatable bonds is 4. The Balaban J connectivity index is 2.55. The lowest BCUT2D eigenvalue weighted by molar-refractivity contribution is -0.122. The van der Waals surface area contributed by atoms with E-state index in [1.165, 1.54) is 11.3 Å². The van der Waals surface area contributed by atoms with Crippen LogP contribution in [0.2, 0.25) is 4.34 Å². The first-order chi connectivity index (χ1) is 7.54. The van der Waals surface area contributed by atoms with Crippen molar-refractivity contribution in [2.45, 2.75) is 25.4 Å². The smallest absolute Gasteiger partial charge is 0.238 e. The Hall–Kier alpha value is -1.02. The highest BCUT2D eigenvalue weighted by Gasteiger charge is 2.16. The van der Waals surface area contributed by atoms with Crippen molar-refractivity contribution in [3.05, 3.63) is 21.3 Å². The van der Waals surface area contributed by atoms with Crippen LogP contribution in [0.5, 0.6) is 0 Å². The quantitative estimate of drug-likeness (QED) is 0.809. The van der Waals surface area contributed by atoms with Gasteiger partial charge in [-0.05, 0) is 19.1 Å². The van der Waals surface area contributed by atoms with E-state index in [9.17, 15) is 4.79 Å². The molecule has 0 bridgehead atoms. The molecule has 86 valence electrons. The monoisotopic (exact) mass is 256 g/mol. The molecule has 1 rings (SSSR count). The number of hydrogen-bond donors (Lipinski definition) is 2. The van der Waals surface area contributed by atoms with Gasteiger partial charge in [0.05, 0.1) is 16.4 Å². The van der Waals surface area contributed by atoms with Gasteiger partial charge in [0.15, 0.2) is 0 Å². The zero-order valence-electron chi connectivity index (χ0n) is 8.87. The second-order valence-corrected chi connectivity index (χ2v) is 5.13. The van der Waals surface area contributed by atoms with Crippen LogP contribution in [-0.4, -0.2) is 11.9 Å².